The van der Waals surface area contributed by atoms with Gasteiger partial charge in [-0.2, -0.15) is 5.26 Å². The molecule has 0 spiro atoms. The standard InChI is InChI=1S/C14H10N2/c1-2-10-16-13(11-15)8-9-14(16)12-6-4-3-5-7-12/h1,3-9H,10H2. The minimum absolute atomic E-state index is 0.417. The first-order valence-electron chi connectivity index (χ1n) is 4.95. The monoisotopic (exact) mass is 206 g/mol. The zero-order valence-corrected chi connectivity index (χ0v) is 8.72. The van der Waals surface area contributed by atoms with Crippen molar-refractivity contribution >= 4 is 0 Å². The quantitative estimate of drug-likeness (QED) is 0.694. The fraction of sp³-hybridized carbons (Fsp3) is 0.0714. The molecule has 1 aromatic carbocycles. The highest BCUT2D eigenvalue weighted by atomic mass is 15.0. The van der Waals surface area contributed by atoms with Crippen molar-refractivity contribution in [2.75, 3.05) is 0 Å². The fourth-order valence-electron chi connectivity index (χ4n) is 1.69. The SMILES string of the molecule is C#CCn1c(C#N)ccc1-c1ccccc1. The summed E-state index contributed by atoms with van der Waals surface area (Å²) in [6.07, 6.45) is 5.31. The lowest BCUT2D eigenvalue weighted by molar-refractivity contribution is 0.844. The van der Waals surface area contributed by atoms with Gasteiger partial charge in [0, 0.05) is 5.69 Å². The Balaban J connectivity index is 2.55. The number of nitriles is 1. The van der Waals surface area contributed by atoms with E-state index in [1.54, 1.807) is 6.07 Å². The third kappa shape index (κ3) is 1.69. The molecule has 0 N–H and O–H groups in total. The number of terminal acetylenes is 1. The number of hydrogen-bond acceptors (Lipinski definition) is 1. The van der Waals surface area contributed by atoms with E-state index in [0.29, 0.717) is 12.2 Å². The molecule has 0 saturated heterocycles. The second-order valence-electron chi connectivity index (χ2n) is 3.37. The van der Waals surface area contributed by atoms with Crippen LogP contribution in [0.3, 0.4) is 0 Å². The van der Waals surface area contributed by atoms with Gasteiger partial charge in [-0.15, -0.1) is 6.42 Å². The van der Waals surface area contributed by atoms with Crippen LogP contribution in [-0.4, -0.2) is 4.57 Å². The van der Waals surface area contributed by atoms with Crippen molar-refractivity contribution in [1.29, 1.82) is 5.26 Å². The van der Waals surface area contributed by atoms with E-state index in [2.05, 4.69) is 12.0 Å². The first-order chi connectivity index (χ1) is 7.86. The predicted molar refractivity (Wildman–Crippen MR) is 63.4 cm³/mol. The molecule has 0 unspecified atom stereocenters. The summed E-state index contributed by atoms with van der Waals surface area (Å²) >= 11 is 0. The molecule has 2 heteroatoms. The first kappa shape index (κ1) is 10.1. The summed E-state index contributed by atoms with van der Waals surface area (Å²) in [5.41, 5.74) is 2.64. The van der Waals surface area contributed by atoms with Gasteiger partial charge in [-0.25, -0.2) is 0 Å². The first-order valence-corrected chi connectivity index (χ1v) is 4.95. The van der Waals surface area contributed by atoms with E-state index in [-0.39, 0.29) is 0 Å². The second-order valence-corrected chi connectivity index (χ2v) is 3.37. The molecule has 2 rings (SSSR count). The van der Waals surface area contributed by atoms with Gasteiger partial charge in [0.05, 0.1) is 6.54 Å². The maximum atomic E-state index is 8.97. The van der Waals surface area contributed by atoms with Gasteiger partial charge in [-0.05, 0) is 17.7 Å². The highest BCUT2D eigenvalue weighted by Gasteiger charge is 2.07. The Labute approximate surface area is 94.8 Å². The van der Waals surface area contributed by atoms with Gasteiger partial charge in [-0.3, -0.25) is 0 Å². The third-order valence-electron chi connectivity index (χ3n) is 2.41. The predicted octanol–water partition coefficient (Wildman–Crippen LogP) is 2.66. The zero-order chi connectivity index (χ0) is 11.4. The maximum absolute atomic E-state index is 8.97. The number of benzene rings is 1. The van der Waals surface area contributed by atoms with Crippen LogP contribution < -0.4 is 0 Å². The van der Waals surface area contributed by atoms with Gasteiger partial charge in [0.1, 0.15) is 11.8 Å². The Kier molecular flexibility index (Phi) is 2.76. The van der Waals surface area contributed by atoms with Crippen LogP contribution in [0.15, 0.2) is 42.5 Å². The Morgan fingerprint density at radius 2 is 1.88 bits per heavy atom. The molecule has 76 valence electrons. The molecule has 0 radical (unpaired) electrons. The molecule has 0 aliphatic carbocycles. The largest absolute Gasteiger partial charge is 0.321 e. The van der Waals surface area contributed by atoms with Gasteiger partial charge in [-0.1, -0.05) is 36.3 Å². The van der Waals surface area contributed by atoms with Gasteiger partial charge in [0.25, 0.3) is 0 Å². The van der Waals surface area contributed by atoms with Crippen molar-refractivity contribution in [3.63, 3.8) is 0 Å². The summed E-state index contributed by atoms with van der Waals surface area (Å²) in [6.45, 7) is 0.417. The Morgan fingerprint density at radius 3 is 2.50 bits per heavy atom. The Bertz CT molecular complexity index is 565. The molecule has 0 saturated carbocycles. The van der Waals surface area contributed by atoms with E-state index in [4.69, 9.17) is 11.7 Å². The van der Waals surface area contributed by atoms with Crippen LogP contribution in [0.1, 0.15) is 5.69 Å². The molecule has 0 atom stereocenters. The molecule has 0 aliphatic rings. The molecule has 2 nitrogen and oxygen atoms in total. The van der Waals surface area contributed by atoms with Crippen molar-refractivity contribution in [3.05, 3.63) is 48.2 Å². The molecular formula is C14H10N2. The van der Waals surface area contributed by atoms with E-state index in [1.165, 1.54) is 0 Å². The molecule has 0 aliphatic heterocycles. The topological polar surface area (TPSA) is 28.7 Å². The lowest BCUT2D eigenvalue weighted by Crippen LogP contribution is -2.00. The molecular weight excluding hydrogens is 196 g/mol. The number of nitrogens with zero attached hydrogens (tertiary/aromatic N) is 2. The van der Waals surface area contributed by atoms with Crippen molar-refractivity contribution in [3.8, 4) is 29.7 Å². The van der Waals surface area contributed by atoms with Crippen LogP contribution in [0.2, 0.25) is 0 Å². The average molecular weight is 206 g/mol. The number of rotatable bonds is 2. The van der Waals surface area contributed by atoms with Crippen molar-refractivity contribution in [1.82, 2.24) is 4.57 Å². The van der Waals surface area contributed by atoms with E-state index < -0.39 is 0 Å². The van der Waals surface area contributed by atoms with Crippen molar-refractivity contribution in [2.45, 2.75) is 6.54 Å². The van der Waals surface area contributed by atoms with Crippen molar-refractivity contribution in [2.24, 2.45) is 0 Å². The van der Waals surface area contributed by atoms with Crippen LogP contribution in [0, 0.1) is 23.7 Å². The highest BCUT2D eigenvalue weighted by molar-refractivity contribution is 5.61. The van der Waals surface area contributed by atoms with Crippen LogP contribution in [0.25, 0.3) is 11.3 Å². The van der Waals surface area contributed by atoms with Crippen LogP contribution in [0.4, 0.5) is 0 Å². The van der Waals surface area contributed by atoms with Crippen LogP contribution in [0.5, 0.6) is 0 Å². The van der Waals surface area contributed by atoms with Gasteiger partial charge >= 0.3 is 0 Å². The summed E-state index contributed by atoms with van der Waals surface area (Å²) in [7, 11) is 0. The number of aromatic nitrogens is 1. The van der Waals surface area contributed by atoms with E-state index >= 15 is 0 Å². The summed E-state index contributed by atoms with van der Waals surface area (Å²) in [5.74, 6) is 2.57. The Hall–Kier alpha value is -2.45. The molecule has 1 heterocycles. The molecule has 0 fully saturated rings. The van der Waals surface area contributed by atoms with Gasteiger partial charge < -0.3 is 4.57 Å². The lowest BCUT2D eigenvalue weighted by atomic mass is 10.1. The molecule has 1 aromatic heterocycles. The summed E-state index contributed by atoms with van der Waals surface area (Å²) in [6, 6.07) is 15.8. The smallest absolute Gasteiger partial charge is 0.121 e. The normalized spacial score (nSPS) is 9.38. The fourth-order valence-corrected chi connectivity index (χ4v) is 1.69. The average Bonchev–Trinajstić information content (AvgIpc) is 2.74. The summed E-state index contributed by atoms with van der Waals surface area (Å²) < 4.78 is 1.84. The molecule has 2 aromatic rings. The summed E-state index contributed by atoms with van der Waals surface area (Å²) in [4.78, 5) is 0. The van der Waals surface area contributed by atoms with Crippen LogP contribution in [-0.2, 0) is 6.54 Å². The third-order valence-corrected chi connectivity index (χ3v) is 2.41. The minimum Gasteiger partial charge on any atom is -0.321 e. The summed E-state index contributed by atoms with van der Waals surface area (Å²) in [5, 5.41) is 8.97. The van der Waals surface area contributed by atoms with E-state index in [9.17, 15) is 0 Å². The van der Waals surface area contributed by atoms with Crippen molar-refractivity contribution < 1.29 is 0 Å². The minimum atomic E-state index is 0.417. The Morgan fingerprint density at radius 1 is 1.12 bits per heavy atom. The lowest BCUT2D eigenvalue weighted by Gasteiger charge is -2.06. The molecule has 0 bridgehead atoms. The van der Waals surface area contributed by atoms with Gasteiger partial charge in [0.2, 0.25) is 0 Å². The molecule has 16 heavy (non-hydrogen) atoms. The van der Waals surface area contributed by atoms with Gasteiger partial charge in [0.15, 0.2) is 0 Å². The second kappa shape index (κ2) is 4.38. The van der Waals surface area contributed by atoms with E-state index in [1.807, 2.05) is 41.0 Å². The van der Waals surface area contributed by atoms with E-state index in [0.717, 1.165) is 11.3 Å². The number of hydrogen-bond donors (Lipinski definition) is 0. The molecule has 0 amide bonds. The zero-order valence-electron chi connectivity index (χ0n) is 8.72. The van der Waals surface area contributed by atoms with Crippen LogP contribution >= 0.6 is 0 Å². The maximum Gasteiger partial charge on any atom is 0.121 e. The highest BCUT2D eigenvalue weighted by Crippen LogP contribution is 2.21.